The van der Waals surface area contributed by atoms with E-state index >= 15 is 0 Å². The SMILES string of the molecule is C=CCOC(=O)OC1=C(Br)C(OCC)C(OCC)(C(C)(C)C2(OCC)C(OCC)=C(Br)C(OC(=O)OCC=C)=C(Br)C2OCC)C(OCC)=C1Br. The third kappa shape index (κ3) is 8.84. The van der Waals surface area contributed by atoms with Crippen molar-refractivity contribution in [1.82, 2.24) is 0 Å². The summed E-state index contributed by atoms with van der Waals surface area (Å²) in [5.74, 6) is 0.594. The molecule has 12 nitrogen and oxygen atoms in total. The largest absolute Gasteiger partial charge is 0.514 e. The molecule has 0 amide bonds. The summed E-state index contributed by atoms with van der Waals surface area (Å²) in [6.45, 7) is 23.0. The highest BCUT2D eigenvalue weighted by atomic mass is 79.9. The van der Waals surface area contributed by atoms with Crippen molar-refractivity contribution < 1.29 is 57.0 Å². The van der Waals surface area contributed by atoms with Gasteiger partial charge in [0.2, 0.25) is 0 Å². The van der Waals surface area contributed by atoms with Crippen LogP contribution in [0.15, 0.2) is 66.3 Å². The molecule has 288 valence electrons. The van der Waals surface area contributed by atoms with E-state index in [1.807, 2.05) is 55.4 Å². The fourth-order valence-corrected chi connectivity index (χ4v) is 9.59. The topological polar surface area (TPSA) is 126 Å². The highest BCUT2D eigenvalue weighted by molar-refractivity contribution is 9.12. The first-order chi connectivity index (χ1) is 24.2. The van der Waals surface area contributed by atoms with Gasteiger partial charge in [-0.25, -0.2) is 9.59 Å². The molecule has 0 aromatic heterocycles. The number of halogens is 4. The van der Waals surface area contributed by atoms with Crippen molar-refractivity contribution in [2.45, 2.75) is 78.8 Å². The molecule has 4 unspecified atom stereocenters. The molecule has 4 atom stereocenters. The molecule has 0 saturated carbocycles. The summed E-state index contributed by atoms with van der Waals surface area (Å²) in [6.07, 6.45) is -1.15. The molecule has 0 bridgehead atoms. The first-order valence-corrected chi connectivity index (χ1v) is 19.7. The minimum Gasteiger partial charge on any atom is -0.494 e. The molecule has 0 spiro atoms. The number of rotatable bonds is 20. The van der Waals surface area contributed by atoms with Crippen molar-refractivity contribution >= 4 is 76.0 Å². The Balaban J connectivity index is 3.19. The van der Waals surface area contributed by atoms with Crippen LogP contribution in [0.1, 0.15) is 55.4 Å². The van der Waals surface area contributed by atoms with Crippen molar-refractivity contribution in [3.8, 4) is 0 Å². The molecule has 0 radical (unpaired) electrons. The van der Waals surface area contributed by atoms with Crippen LogP contribution in [0.25, 0.3) is 0 Å². The number of hydrogen-bond acceptors (Lipinski definition) is 12. The lowest BCUT2D eigenvalue weighted by molar-refractivity contribution is -0.271. The molecule has 0 heterocycles. The molecule has 0 N–H and O–H groups in total. The summed E-state index contributed by atoms with van der Waals surface area (Å²) in [5.41, 5.74) is -4.53. The van der Waals surface area contributed by atoms with Gasteiger partial charge in [-0.3, -0.25) is 0 Å². The highest BCUT2D eigenvalue weighted by Crippen LogP contribution is 2.64. The molecule has 2 aliphatic carbocycles. The van der Waals surface area contributed by atoms with Crippen LogP contribution in [-0.2, 0) is 47.4 Å². The maximum atomic E-state index is 12.8. The summed E-state index contributed by atoms with van der Waals surface area (Å²) < 4.78 is 62.8. The van der Waals surface area contributed by atoms with E-state index in [0.717, 1.165) is 0 Å². The Kier molecular flexibility index (Phi) is 18.5. The summed E-state index contributed by atoms with van der Waals surface area (Å²) in [4.78, 5) is 25.6. The lowest BCUT2D eigenvalue weighted by Gasteiger charge is -2.61. The minimum atomic E-state index is -1.60. The van der Waals surface area contributed by atoms with Crippen molar-refractivity contribution in [3.63, 3.8) is 0 Å². The molecular weight excluding hydrogens is 932 g/mol. The van der Waals surface area contributed by atoms with E-state index < -0.39 is 41.1 Å². The number of ether oxygens (including phenoxy) is 10. The Morgan fingerprint density at radius 2 is 1.00 bits per heavy atom. The van der Waals surface area contributed by atoms with Crippen LogP contribution >= 0.6 is 63.7 Å². The Bertz CT molecular complexity index is 1300. The fourth-order valence-electron chi connectivity index (χ4n) is 6.18. The molecule has 16 heteroatoms. The lowest BCUT2D eigenvalue weighted by atomic mass is 9.56. The predicted molar refractivity (Wildman–Crippen MR) is 206 cm³/mol. The van der Waals surface area contributed by atoms with Crippen LogP contribution in [-0.4, -0.2) is 88.6 Å². The van der Waals surface area contributed by atoms with E-state index in [1.165, 1.54) is 12.2 Å². The van der Waals surface area contributed by atoms with Crippen LogP contribution in [0.4, 0.5) is 9.59 Å². The number of allylic oxidation sites excluding steroid dienone is 2. The first-order valence-electron chi connectivity index (χ1n) is 16.5. The van der Waals surface area contributed by atoms with Crippen LogP contribution in [0, 0.1) is 5.41 Å². The summed E-state index contributed by atoms with van der Waals surface area (Å²) in [6, 6.07) is 0. The zero-order chi connectivity index (χ0) is 38.6. The van der Waals surface area contributed by atoms with Crippen molar-refractivity contribution in [1.29, 1.82) is 0 Å². The van der Waals surface area contributed by atoms with E-state index in [-0.39, 0.29) is 84.9 Å². The normalized spacial score (nSPS) is 24.0. The number of carbonyl (C=O) groups is 2. The van der Waals surface area contributed by atoms with Gasteiger partial charge in [-0.1, -0.05) is 39.2 Å². The van der Waals surface area contributed by atoms with E-state index in [2.05, 4.69) is 76.9 Å². The van der Waals surface area contributed by atoms with Crippen molar-refractivity contribution in [3.05, 3.63) is 66.3 Å². The van der Waals surface area contributed by atoms with E-state index in [9.17, 15) is 9.59 Å². The maximum Gasteiger partial charge on any atom is 0.514 e. The van der Waals surface area contributed by atoms with Gasteiger partial charge >= 0.3 is 12.3 Å². The summed E-state index contributed by atoms with van der Waals surface area (Å²) in [5, 5.41) is 0. The van der Waals surface area contributed by atoms with Gasteiger partial charge in [-0.15, -0.1) is 0 Å². The van der Waals surface area contributed by atoms with Crippen molar-refractivity contribution in [2.24, 2.45) is 5.41 Å². The Morgan fingerprint density at radius 3 is 1.27 bits per heavy atom. The van der Waals surface area contributed by atoms with E-state index in [4.69, 9.17) is 47.4 Å². The quantitative estimate of drug-likeness (QED) is 0.0852. The second-order valence-electron chi connectivity index (χ2n) is 11.0. The van der Waals surface area contributed by atoms with E-state index in [0.29, 0.717) is 8.96 Å². The second-order valence-corrected chi connectivity index (χ2v) is 14.3. The molecule has 0 saturated heterocycles. The Hall–Kier alpha value is -1.66. The first kappa shape index (κ1) is 45.5. The van der Waals surface area contributed by atoms with E-state index in [1.54, 1.807) is 0 Å². The Labute approximate surface area is 334 Å². The summed E-state index contributed by atoms with van der Waals surface area (Å²) >= 11 is 14.8. The second kappa shape index (κ2) is 20.7. The molecule has 0 aromatic carbocycles. The molecule has 0 aromatic rings. The van der Waals surface area contributed by atoms with Gasteiger partial charge in [0.25, 0.3) is 0 Å². The molecule has 0 aliphatic heterocycles. The molecule has 2 aliphatic rings. The third-order valence-corrected chi connectivity index (χ3v) is 11.0. The monoisotopic (exact) mass is 976 g/mol. The fraction of sp³-hybridized carbons (Fsp3) is 0.600. The number of carbonyl (C=O) groups excluding carboxylic acids is 2. The standard InChI is InChI=1S/C35H48Br4O12/c1-11-19-46-31(40)50-25-21(36)27(42-13-3)34(48-17-7,28(22(25)37)43-14-4)33(9,10)35(49-18-8)29(44-15-5)23(38)26(24(39)30(35)45-16-6)51-32(41)47-20-12-2/h11-12,27,29H,1-2,13-20H2,3-10H3. The zero-order valence-corrected chi connectivity index (χ0v) is 36.6. The van der Waals surface area contributed by atoms with Gasteiger partial charge in [0.15, 0.2) is 22.7 Å². The van der Waals surface area contributed by atoms with Gasteiger partial charge < -0.3 is 47.4 Å². The average Bonchev–Trinajstić information content (AvgIpc) is 3.09. The number of hydrogen-bond donors (Lipinski definition) is 0. The van der Waals surface area contributed by atoms with Crippen LogP contribution < -0.4 is 0 Å². The van der Waals surface area contributed by atoms with Gasteiger partial charge in [0.1, 0.15) is 45.9 Å². The smallest absolute Gasteiger partial charge is 0.494 e. The predicted octanol–water partition coefficient (Wildman–Crippen LogP) is 9.58. The zero-order valence-electron chi connectivity index (χ0n) is 30.3. The van der Waals surface area contributed by atoms with Crippen LogP contribution in [0.5, 0.6) is 0 Å². The molecule has 51 heavy (non-hydrogen) atoms. The van der Waals surface area contributed by atoms with Crippen molar-refractivity contribution in [2.75, 3.05) is 52.9 Å². The van der Waals surface area contributed by atoms with Gasteiger partial charge in [-0.05, 0) is 105 Å². The summed E-state index contributed by atoms with van der Waals surface area (Å²) in [7, 11) is 0. The molecule has 0 fully saturated rings. The lowest BCUT2D eigenvalue weighted by Crippen LogP contribution is -2.73. The minimum absolute atomic E-state index is 0.0594. The van der Waals surface area contributed by atoms with Crippen LogP contribution in [0.3, 0.4) is 0 Å². The molecule has 2 rings (SSSR count). The Morgan fingerprint density at radius 1 is 0.647 bits per heavy atom. The third-order valence-electron chi connectivity index (χ3n) is 7.96. The maximum absolute atomic E-state index is 12.8. The average molecular weight is 980 g/mol. The van der Waals surface area contributed by atoms with Gasteiger partial charge in [-0.2, -0.15) is 0 Å². The highest BCUT2D eigenvalue weighted by Gasteiger charge is 2.74. The molecular formula is C35H48Br4O12. The van der Waals surface area contributed by atoms with Gasteiger partial charge in [0, 0.05) is 31.8 Å². The van der Waals surface area contributed by atoms with Crippen LogP contribution in [0.2, 0.25) is 0 Å². The van der Waals surface area contributed by atoms with Gasteiger partial charge in [0.05, 0.1) is 22.2 Å².